The fourth-order valence-electron chi connectivity index (χ4n) is 3.91. The summed E-state index contributed by atoms with van der Waals surface area (Å²) in [7, 11) is -1.87. The van der Waals surface area contributed by atoms with Gasteiger partial charge in [-0.25, -0.2) is 8.42 Å². The highest BCUT2D eigenvalue weighted by Crippen LogP contribution is 2.37. The highest BCUT2D eigenvalue weighted by atomic mass is 35.5. The summed E-state index contributed by atoms with van der Waals surface area (Å²) in [5.41, 5.74) is 4.74. The summed E-state index contributed by atoms with van der Waals surface area (Å²) >= 11 is 6.34. The fraction of sp³-hybridized carbons (Fsp3) is 0.280. The molecule has 164 valence electrons. The molecule has 1 N–H and O–H groups in total. The Balaban J connectivity index is 2.08. The lowest BCUT2D eigenvalue weighted by molar-refractivity contribution is 0.292. The summed E-state index contributed by atoms with van der Waals surface area (Å²) in [5.74, 6) is -0.0954. The van der Waals surface area contributed by atoms with Gasteiger partial charge in [-0.3, -0.25) is 0 Å². The molecule has 0 aliphatic carbocycles. The van der Waals surface area contributed by atoms with Crippen LogP contribution in [0.4, 0.5) is 0 Å². The third-order valence-electron chi connectivity index (χ3n) is 5.77. The van der Waals surface area contributed by atoms with Gasteiger partial charge < -0.3 is 5.32 Å². The highest BCUT2D eigenvalue weighted by molar-refractivity contribution is 7.88. The number of alkyl halides is 1. The molecule has 3 aromatic rings. The Morgan fingerprint density at radius 1 is 0.871 bits per heavy atom. The Labute approximate surface area is 190 Å². The van der Waals surface area contributed by atoms with Gasteiger partial charge in [-0.1, -0.05) is 78.9 Å². The molecule has 2 atom stereocenters. The third kappa shape index (κ3) is 5.36. The normalized spacial score (nSPS) is 13.8. The molecule has 0 heterocycles. The van der Waals surface area contributed by atoms with E-state index in [4.69, 9.17) is 11.6 Å². The minimum absolute atomic E-state index is 0.0954. The lowest BCUT2D eigenvalue weighted by atomic mass is 9.93. The first-order valence-corrected chi connectivity index (χ1v) is 12.4. The van der Waals surface area contributed by atoms with E-state index in [2.05, 4.69) is 5.32 Å². The molecule has 0 saturated carbocycles. The van der Waals surface area contributed by atoms with E-state index in [1.807, 2.05) is 99.8 Å². The molecule has 0 bridgehead atoms. The van der Waals surface area contributed by atoms with Crippen LogP contribution >= 0.6 is 11.6 Å². The second-order valence-electron chi connectivity index (χ2n) is 7.65. The predicted molar refractivity (Wildman–Crippen MR) is 129 cm³/mol. The second kappa shape index (κ2) is 10.4. The standard InChI is InChI=1S/C25H29ClN2O2S/c1-19-11-10-16-23(20(19)2)17-31(29,30)28(18-26)25(22-14-8-5-9-15-22)24(27-3)21-12-6-4-7-13-21/h4-16,24-25,27H,17-18H2,1-3H3. The number of likely N-dealkylation sites (N-methyl/N-ethyl adjacent to an activating group) is 1. The zero-order chi connectivity index (χ0) is 22.4. The average molecular weight is 457 g/mol. The molecule has 4 nitrogen and oxygen atoms in total. The summed E-state index contributed by atoms with van der Waals surface area (Å²) in [6.45, 7) is 3.95. The lowest BCUT2D eigenvalue weighted by Gasteiger charge is -2.36. The van der Waals surface area contributed by atoms with E-state index in [1.54, 1.807) is 0 Å². The van der Waals surface area contributed by atoms with Crippen LogP contribution in [0.3, 0.4) is 0 Å². The van der Waals surface area contributed by atoms with E-state index in [0.29, 0.717) is 0 Å². The molecule has 0 aliphatic heterocycles. The lowest BCUT2D eigenvalue weighted by Crippen LogP contribution is -2.41. The van der Waals surface area contributed by atoms with E-state index >= 15 is 0 Å². The van der Waals surface area contributed by atoms with Crippen molar-refractivity contribution in [2.24, 2.45) is 0 Å². The van der Waals surface area contributed by atoms with Gasteiger partial charge in [-0.15, -0.1) is 11.6 Å². The van der Waals surface area contributed by atoms with Crippen LogP contribution in [0.1, 0.15) is 39.9 Å². The van der Waals surface area contributed by atoms with Crippen LogP contribution in [0, 0.1) is 13.8 Å². The van der Waals surface area contributed by atoms with Gasteiger partial charge in [0.15, 0.2) is 0 Å². The molecular weight excluding hydrogens is 428 g/mol. The molecule has 0 aliphatic rings. The maximum Gasteiger partial charge on any atom is 0.220 e. The SMILES string of the molecule is CNC(c1ccccc1)C(c1ccccc1)N(CCl)S(=O)(=O)Cc1cccc(C)c1C. The molecular formula is C25H29ClN2O2S. The van der Waals surface area contributed by atoms with E-state index in [9.17, 15) is 8.42 Å². The predicted octanol–water partition coefficient (Wildman–Crippen LogP) is 5.33. The maximum absolute atomic E-state index is 13.7. The topological polar surface area (TPSA) is 49.4 Å². The maximum atomic E-state index is 13.7. The number of halogens is 1. The average Bonchev–Trinajstić information content (AvgIpc) is 2.78. The van der Waals surface area contributed by atoms with Crippen molar-refractivity contribution in [2.75, 3.05) is 13.1 Å². The van der Waals surface area contributed by atoms with Gasteiger partial charge in [0, 0.05) is 0 Å². The van der Waals surface area contributed by atoms with Crippen LogP contribution in [0.2, 0.25) is 0 Å². The highest BCUT2D eigenvalue weighted by Gasteiger charge is 2.36. The number of sulfonamides is 1. The molecule has 0 aromatic heterocycles. The second-order valence-corrected chi connectivity index (χ2v) is 9.82. The van der Waals surface area contributed by atoms with Crippen molar-refractivity contribution >= 4 is 21.6 Å². The molecule has 0 saturated heterocycles. The number of nitrogens with zero attached hydrogens (tertiary/aromatic N) is 1. The molecule has 2 unspecified atom stereocenters. The number of aryl methyl sites for hydroxylation is 1. The first-order chi connectivity index (χ1) is 14.9. The van der Waals surface area contributed by atoms with Crippen LogP contribution in [0.5, 0.6) is 0 Å². The molecule has 3 aromatic carbocycles. The minimum atomic E-state index is -3.71. The summed E-state index contributed by atoms with van der Waals surface area (Å²) in [4.78, 5) is 0. The first kappa shape index (κ1) is 23.5. The van der Waals surface area contributed by atoms with Gasteiger partial charge in [0.1, 0.15) is 0 Å². The van der Waals surface area contributed by atoms with Crippen LogP contribution in [0.25, 0.3) is 0 Å². The van der Waals surface area contributed by atoms with Gasteiger partial charge >= 0.3 is 0 Å². The summed E-state index contributed by atoms with van der Waals surface area (Å²) in [6, 6.07) is 24.4. The van der Waals surface area contributed by atoms with Crippen molar-refractivity contribution in [3.05, 3.63) is 107 Å². The van der Waals surface area contributed by atoms with Crippen molar-refractivity contribution in [1.82, 2.24) is 9.62 Å². The van der Waals surface area contributed by atoms with E-state index in [0.717, 1.165) is 27.8 Å². The van der Waals surface area contributed by atoms with Crippen molar-refractivity contribution in [3.63, 3.8) is 0 Å². The Kier molecular flexibility index (Phi) is 7.89. The number of hydrogen-bond acceptors (Lipinski definition) is 3. The molecule has 0 amide bonds. The largest absolute Gasteiger partial charge is 0.311 e. The Bertz CT molecular complexity index is 1090. The zero-order valence-electron chi connectivity index (χ0n) is 18.1. The fourth-order valence-corrected chi connectivity index (χ4v) is 6.12. The van der Waals surface area contributed by atoms with Gasteiger partial charge in [-0.2, -0.15) is 4.31 Å². The third-order valence-corrected chi connectivity index (χ3v) is 7.91. The molecule has 6 heteroatoms. The Hall–Kier alpha value is -2.18. The zero-order valence-corrected chi connectivity index (χ0v) is 19.7. The van der Waals surface area contributed by atoms with Crippen LogP contribution in [-0.2, 0) is 15.8 Å². The smallest absolute Gasteiger partial charge is 0.220 e. The minimum Gasteiger partial charge on any atom is -0.311 e. The monoisotopic (exact) mass is 456 g/mol. The van der Waals surface area contributed by atoms with Gasteiger partial charge in [0.2, 0.25) is 10.0 Å². The van der Waals surface area contributed by atoms with Gasteiger partial charge in [0.05, 0.1) is 23.8 Å². The van der Waals surface area contributed by atoms with Crippen LogP contribution < -0.4 is 5.32 Å². The van der Waals surface area contributed by atoms with Crippen LogP contribution in [-0.4, -0.2) is 25.8 Å². The van der Waals surface area contributed by atoms with Crippen molar-refractivity contribution in [1.29, 1.82) is 0 Å². The Morgan fingerprint density at radius 2 is 1.45 bits per heavy atom. The number of hydrogen-bond donors (Lipinski definition) is 1. The van der Waals surface area contributed by atoms with Gasteiger partial charge in [0.25, 0.3) is 0 Å². The number of nitrogens with one attached hydrogen (secondary N) is 1. The van der Waals surface area contributed by atoms with Crippen molar-refractivity contribution < 1.29 is 8.42 Å². The molecule has 0 fully saturated rings. The van der Waals surface area contributed by atoms with Gasteiger partial charge in [-0.05, 0) is 48.7 Å². The Morgan fingerprint density at radius 3 is 2.00 bits per heavy atom. The number of benzene rings is 3. The summed E-state index contributed by atoms with van der Waals surface area (Å²) in [5, 5.41) is 3.32. The molecule has 3 rings (SSSR count). The molecule has 0 spiro atoms. The first-order valence-electron chi connectivity index (χ1n) is 10.3. The summed E-state index contributed by atoms with van der Waals surface area (Å²) < 4.78 is 28.8. The molecule has 31 heavy (non-hydrogen) atoms. The number of rotatable bonds is 9. The quantitative estimate of drug-likeness (QED) is 0.349. The summed E-state index contributed by atoms with van der Waals surface area (Å²) in [6.07, 6.45) is 0. The molecule has 0 radical (unpaired) electrons. The van der Waals surface area contributed by atoms with E-state index < -0.39 is 16.1 Å². The van der Waals surface area contributed by atoms with Crippen LogP contribution in [0.15, 0.2) is 78.9 Å². The van der Waals surface area contributed by atoms with Crippen molar-refractivity contribution in [3.8, 4) is 0 Å². The van der Waals surface area contributed by atoms with E-state index in [-0.39, 0.29) is 17.8 Å². The van der Waals surface area contributed by atoms with E-state index in [1.165, 1.54) is 4.31 Å². The van der Waals surface area contributed by atoms with Crippen molar-refractivity contribution in [2.45, 2.75) is 31.7 Å².